The Kier molecular flexibility index (Phi) is 2.07. The Morgan fingerprint density at radius 2 is 2.09 bits per heavy atom. The predicted molar refractivity (Wildman–Crippen MR) is 36.9 cm³/mol. The van der Waals surface area contributed by atoms with Gasteiger partial charge in [0.25, 0.3) is 0 Å². The molecule has 4 nitrogen and oxygen atoms in total. The van der Waals surface area contributed by atoms with Crippen molar-refractivity contribution in [1.82, 2.24) is 0 Å². The lowest BCUT2D eigenvalue weighted by Crippen LogP contribution is -2.31. The van der Waals surface area contributed by atoms with E-state index in [0.717, 1.165) is 0 Å². The predicted octanol–water partition coefficient (Wildman–Crippen LogP) is -0.711. The number of allylic oxidation sites excluding steroid dienone is 2. The summed E-state index contributed by atoms with van der Waals surface area (Å²) in [6, 6.07) is 0. The van der Waals surface area contributed by atoms with E-state index in [4.69, 9.17) is 15.3 Å². The van der Waals surface area contributed by atoms with Crippen LogP contribution in [0.4, 0.5) is 0 Å². The molecule has 0 unspecified atom stereocenters. The van der Waals surface area contributed by atoms with E-state index in [2.05, 4.69) is 0 Å². The van der Waals surface area contributed by atoms with Crippen LogP contribution in [0.1, 0.15) is 0 Å². The number of rotatable bonds is 1. The average Bonchev–Trinajstić information content (AvgIpc) is 1.94. The summed E-state index contributed by atoms with van der Waals surface area (Å²) in [6.45, 7) is 0. The molecule has 11 heavy (non-hydrogen) atoms. The van der Waals surface area contributed by atoms with Crippen LogP contribution >= 0.6 is 0 Å². The zero-order valence-corrected chi connectivity index (χ0v) is 5.64. The van der Waals surface area contributed by atoms with Crippen molar-refractivity contribution < 1.29 is 20.1 Å². The molecule has 2 atom stereocenters. The number of aliphatic carboxylic acids is 1. The van der Waals surface area contributed by atoms with E-state index in [1.165, 1.54) is 18.2 Å². The Morgan fingerprint density at radius 1 is 1.45 bits per heavy atom. The minimum Gasteiger partial charge on any atom is -0.478 e. The number of hydrogen-bond acceptors (Lipinski definition) is 3. The molecule has 0 aliphatic heterocycles. The van der Waals surface area contributed by atoms with Gasteiger partial charge in [0, 0.05) is 0 Å². The van der Waals surface area contributed by atoms with Crippen molar-refractivity contribution in [3.8, 4) is 0 Å². The van der Waals surface area contributed by atoms with Gasteiger partial charge >= 0.3 is 5.97 Å². The molecule has 1 aliphatic carbocycles. The number of aliphatic hydroxyl groups is 2. The molecule has 0 radical (unpaired) electrons. The van der Waals surface area contributed by atoms with E-state index in [-0.39, 0.29) is 5.57 Å². The lowest BCUT2D eigenvalue weighted by molar-refractivity contribution is -0.134. The van der Waals surface area contributed by atoms with Gasteiger partial charge in [0.15, 0.2) is 0 Å². The molecule has 3 N–H and O–H groups in total. The normalized spacial score (nSPS) is 29.8. The highest BCUT2D eigenvalue weighted by molar-refractivity contribution is 5.88. The Hall–Kier alpha value is -1.13. The molecule has 0 amide bonds. The lowest BCUT2D eigenvalue weighted by Gasteiger charge is -2.17. The molecule has 0 aromatic heterocycles. The van der Waals surface area contributed by atoms with Crippen molar-refractivity contribution >= 4 is 5.97 Å². The Labute approximate surface area is 63.1 Å². The van der Waals surface area contributed by atoms with E-state index < -0.39 is 18.2 Å². The van der Waals surface area contributed by atoms with Gasteiger partial charge < -0.3 is 15.3 Å². The second kappa shape index (κ2) is 2.86. The third-order valence-corrected chi connectivity index (χ3v) is 1.47. The fourth-order valence-electron chi connectivity index (χ4n) is 0.859. The van der Waals surface area contributed by atoms with E-state index >= 15 is 0 Å². The summed E-state index contributed by atoms with van der Waals surface area (Å²) in [7, 11) is 0. The fourth-order valence-corrected chi connectivity index (χ4v) is 0.859. The molecular weight excluding hydrogens is 148 g/mol. The first-order chi connectivity index (χ1) is 5.13. The summed E-state index contributed by atoms with van der Waals surface area (Å²) < 4.78 is 0. The van der Waals surface area contributed by atoms with Crippen molar-refractivity contribution in [2.75, 3.05) is 0 Å². The summed E-state index contributed by atoms with van der Waals surface area (Å²) >= 11 is 0. The molecule has 60 valence electrons. The molecule has 0 aromatic carbocycles. The molecule has 0 spiro atoms. The minimum atomic E-state index is -1.31. The number of hydrogen-bond donors (Lipinski definition) is 3. The third kappa shape index (κ3) is 1.47. The second-order valence-electron chi connectivity index (χ2n) is 2.25. The SMILES string of the molecule is O=C(O)C1=CC=C[C@H](O)[C@@H]1O. The molecule has 0 aromatic rings. The standard InChI is InChI=1S/C7H8O4/c8-5-3-1-2-4(6(5)9)7(10)11/h1-3,5-6,8-9H,(H,10,11)/t5-,6+/m0/s1. The maximum absolute atomic E-state index is 10.3. The summed E-state index contributed by atoms with van der Waals surface area (Å²) in [6.07, 6.45) is 1.58. The third-order valence-electron chi connectivity index (χ3n) is 1.47. The highest BCUT2D eigenvalue weighted by atomic mass is 16.4. The smallest absolute Gasteiger partial charge is 0.334 e. The topological polar surface area (TPSA) is 77.8 Å². The van der Waals surface area contributed by atoms with Crippen molar-refractivity contribution in [2.45, 2.75) is 12.2 Å². The largest absolute Gasteiger partial charge is 0.478 e. The maximum atomic E-state index is 10.3. The molecule has 0 saturated heterocycles. The van der Waals surface area contributed by atoms with Crippen LogP contribution in [0.15, 0.2) is 23.8 Å². The highest BCUT2D eigenvalue weighted by Gasteiger charge is 2.25. The maximum Gasteiger partial charge on any atom is 0.334 e. The van der Waals surface area contributed by atoms with Gasteiger partial charge in [-0.3, -0.25) is 0 Å². The monoisotopic (exact) mass is 156 g/mol. The van der Waals surface area contributed by atoms with Crippen molar-refractivity contribution in [3.63, 3.8) is 0 Å². The average molecular weight is 156 g/mol. The second-order valence-corrected chi connectivity index (χ2v) is 2.25. The van der Waals surface area contributed by atoms with Crippen LogP contribution in [0.5, 0.6) is 0 Å². The van der Waals surface area contributed by atoms with E-state index in [1.54, 1.807) is 0 Å². The van der Waals surface area contributed by atoms with Crippen LogP contribution in [0, 0.1) is 0 Å². The van der Waals surface area contributed by atoms with Gasteiger partial charge in [-0.1, -0.05) is 12.2 Å². The molecule has 0 bridgehead atoms. The van der Waals surface area contributed by atoms with Crippen LogP contribution in [-0.2, 0) is 4.79 Å². The van der Waals surface area contributed by atoms with Crippen molar-refractivity contribution in [2.24, 2.45) is 0 Å². The molecule has 1 aliphatic rings. The van der Waals surface area contributed by atoms with Gasteiger partial charge in [-0.15, -0.1) is 0 Å². The van der Waals surface area contributed by atoms with Crippen molar-refractivity contribution in [3.05, 3.63) is 23.8 Å². The van der Waals surface area contributed by atoms with Crippen molar-refractivity contribution in [1.29, 1.82) is 0 Å². The molecular formula is C7H8O4. The van der Waals surface area contributed by atoms with Gasteiger partial charge in [-0.2, -0.15) is 0 Å². The molecule has 0 saturated carbocycles. The minimum absolute atomic E-state index is 0.181. The van der Waals surface area contributed by atoms with E-state index in [9.17, 15) is 4.79 Å². The number of carboxylic acid groups (broad SMARTS) is 1. The summed E-state index contributed by atoms with van der Waals surface area (Å²) in [5, 5.41) is 26.5. The quantitative estimate of drug-likeness (QED) is 0.468. The molecule has 0 fully saturated rings. The van der Waals surface area contributed by atoms with Crippen LogP contribution in [-0.4, -0.2) is 33.5 Å². The lowest BCUT2D eigenvalue weighted by atomic mass is 10.00. The molecule has 1 rings (SSSR count). The van der Waals surface area contributed by atoms with Crippen LogP contribution in [0.2, 0.25) is 0 Å². The summed E-state index contributed by atoms with van der Waals surface area (Å²) in [4.78, 5) is 10.3. The van der Waals surface area contributed by atoms with Gasteiger partial charge in [0.05, 0.1) is 5.57 Å². The Morgan fingerprint density at radius 3 is 2.55 bits per heavy atom. The van der Waals surface area contributed by atoms with Gasteiger partial charge in [0.1, 0.15) is 12.2 Å². The van der Waals surface area contributed by atoms with Gasteiger partial charge in [-0.25, -0.2) is 4.79 Å². The van der Waals surface area contributed by atoms with Crippen LogP contribution < -0.4 is 0 Å². The van der Waals surface area contributed by atoms with Crippen LogP contribution in [0.25, 0.3) is 0 Å². The first-order valence-corrected chi connectivity index (χ1v) is 3.10. The molecule has 4 heteroatoms. The molecule has 0 heterocycles. The van der Waals surface area contributed by atoms with Gasteiger partial charge in [-0.05, 0) is 6.08 Å². The zero-order valence-electron chi connectivity index (χ0n) is 5.64. The Bertz CT molecular complexity index is 229. The number of carboxylic acids is 1. The number of carbonyl (C=O) groups is 1. The highest BCUT2D eigenvalue weighted by Crippen LogP contribution is 2.13. The Balaban J connectivity index is 2.87. The van der Waals surface area contributed by atoms with E-state index in [1.807, 2.05) is 0 Å². The first kappa shape index (κ1) is 7.97. The van der Waals surface area contributed by atoms with Crippen LogP contribution in [0.3, 0.4) is 0 Å². The zero-order chi connectivity index (χ0) is 8.43. The van der Waals surface area contributed by atoms with E-state index in [0.29, 0.717) is 0 Å². The summed E-state index contributed by atoms with van der Waals surface area (Å²) in [5.41, 5.74) is -0.181. The number of aliphatic hydroxyl groups excluding tert-OH is 2. The fraction of sp³-hybridized carbons (Fsp3) is 0.286. The summed E-state index contributed by atoms with van der Waals surface area (Å²) in [5.74, 6) is -1.21. The first-order valence-electron chi connectivity index (χ1n) is 3.10. The van der Waals surface area contributed by atoms with Gasteiger partial charge in [0.2, 0.25) is 0 Å².